The topological polar surface area (TPSA) is 0 Å². The van der Waals surface area contributed by atoms with E-state index >= 15 is 0 Å². The highest BCUT2D eigenvalue weighted by atomic mass is 14.0. The summed E-state index contributed by atoms with van der Waals surface area (Å²) in [5.41, 5.74) is 6.61. The van der Waals surface area contributed by atoms with Crippen LogP contribution < -0.4 is 0 Å². The molecule has 0 amide bonds. The summed E-state index contributed by atoms with van der Waals surface area (Å²) >= 11 is 0. The van der Waals surface area contributed by atoms with Gasteiger partial charge in [0.15, 0.2) is 0 Å². The van der Waals surface area contributed by atoms with Gasteiger partial charge in [0.1, 0.15) is 0 Å². The first kappa shape index (κ1) is 19.7. The Morgan fingerprint density at radius 3 is 1.28 bits per heavy atom. The molecule has 0 heterocycles. The van der Waals surface area contributed by atoms with Gasteiger partial charge in [-0.25, -0.2) is 0 Å². The van der Waals surface area contributed by atoms with Crippen LogP contribution in [0, 0.1) is 37.5 Å². The zero-order valence-corrected chi connectivity index (χ0v) is 18.2. The maximum Gasteiger partial charge on any atom is 0.0278 e. The third kappa shape index (κ3) is 4.13. The lowest BCUT2D eigenvalue weighted by molar-refractivity contribution is 1.44. The quantitative estimate of drug-likeness (QED) is 0.185. The molecule has 0 nitrogen and oxygen atoms in total. The lowest BCUT2D eigenvalue weighted by Gasteiger charge is -2.04. The van der Waals surface area contributed by atoms with Gasteiger partial charge < -0.3 is 0 Å². The Hall–Kier alpha value is -4.26. The minimum Gasteiger partial charge on any atom is -0.0619 e. The van der Waals surface area contributed by atoms with Crippen molar-refractivity contribution in [3.05, 3.63) is 130 Å². The SMILES string of the molecule is Cc1ccccc1C#Cc1ccc2cc3cc(C#Cc4ccccc4C)ccc3cc2c1. The van der Waals surface area contributed by atoms with Crippen LogP contribution >= 0.6 is 0 Å². The van der Waals surface area contributed by atoms with Gasteiger partial charge in [-0.1, -0.05) is 72.2 Å². The van der Waals surface area contributed by atoms with Crippen molar-refractivity contribution in [2.45, 2.75) is 13.8 Å². The van der Waals surface area contributed by atoms with Crippen LogP contribution in [0.4, 0.5) is 0 Å². The third-order valence-electron chi connectivity index (χ3n) is 5.77. The lowest BCUT2D eigenvalue weighted by atomic mass is 10.00. The van der Waals surface area contributed by atoms with Crippen LogP contribution in [0.3, 0.4) is 0 Å². The predicted octanol–water partition coefficient (Wildman–Crippen LogP) is 7.41. The van der Waals surface area contributed by atoms with Crippen LogP contribution in [-0.4, -0.2) is 0 Å². The van der Waals surface area contributed by atoms with E-state index in [1.165, 1.54) is 32.7 Å². The normalized spacial score (nSPS) is 10.3. The summed E-state index contributed by atoms with van der Waals surface area (Å²) in [6.07, 6.45) is 0. The minimum atomic E-state index is 1.03. The summed E-state index contributed by atoms with van der Waals surface area (Å²) in [6, 6.07) is 33.8. The molecular weight excluding hydrogens is 384 g/mol. The lowest BCUT2D eigenvalue weighted by Crippen LogP contribution is -1.83. The van der Waals surface area contributed by atoms with Crippen LogP contribution in [0.5, 0.6) is 0 Å². The Morgan fingerprint density at radius 2 is 0.844 bits per heavy atom. The summed E-state index contributed by atoms with van der Waals surface area (Å²) in [5, 5.41) is 4.83. The molecule has 5 aromatic carbocycles. The zero-order chi connectivity index (χ0) is 21.9. The Labute approximate surface area is 189 Å². The second kappa shape index (κ2) is 8.47. The molecule has 5 aromatic rings. The minimum absolute atomic E-state index is 1.03. The molecule has 0 spiro atoms. The van der Waals surface area contributed by atoms with E-state index in [2.05, 4.69) is 110 Å². The van der Waals surface area contributed by atoms with Crippen molar-refractivity contribution < 1.29 is 0 Å². The van der Waals surface area contributed by atoms with Crippen molar-refractivity contribution in [3.8, 4) is 23.7 Å². The van der Waals surface area contributed by atoms with Crippen molar-refractivity contribution >= 4 is 21.5 Å². The maximum absolute atomic E-state index is 3.32. The maximum atomic E-state index is 3.32. The summed E-state index contributed by atoms with van der Waals surface area (Å²) in [4.78, 5) is 0. The Kier molecular flexibility index (Phi) is 5.21. The number of benzene rings is 5. The molecule has 0 atom stereocenters. The van der Waals surface area contributed by atoms with E-state index in [9.17, 15) is 0 Å². The van der Waals surface area contributed by atoms with Crippen LogP contribution in [-0.2, 0) is 0 Å². The summed E-state index contributed by atoms with van der Waals surface area (Å²) in [7, 11) is 0. The molecule has 0 bridgehead atoms. The van der Waals surface area contributed by atoms with Crippen molar-refractivity contribution in [1.82, 2.24) is 0 Å². The van der Waals surface area contributed by atoms with Gasteiger partial charge in [0.2, 0.25) is 0 Å². The average Bonchev–Trinajstić information content (AvgIpc) is 2.81. The number of hydrogen-bond acceptors (Lipinski definition) is 0. The number of rotatable bonds is 0. The van der Waals surface area contributed by atoms with Gasteiger partial charge in [-0.05, 0) is 95.1 Å². The number of fused-ring (bicyclic) bond motifs is 2. The summed E-state index contributed by atoms with van der Waals surface area (Å²) in [5.74, 6) is 13.2. The van der Waals surface area contributed by atoms with E-state index in [1.807, 2.05) is 24.3 Å². The second-order valence-electron chi connectivity index (χ2n) is 8.11. The van der Waals surface area contributed by atoms with Crippen LogP contribution in [0.2, 0.25) is 0 Å². The number of hydrogen-bond donors (Lipinski definition) is 0. The molecule has 150 valence electrons. The first-order chi connectivity index (χ1) is 15.7. The fourth-order valence-electron chi connectivity index (χ4n) is 3.86. The standard InChI is InChI=1S/C32H22/c1-23-7-3-5-9-27(23)15-11-25-13-17-29-22-32-20-26(14-18-30(32)21-31(29)19-25)12-16-28-10-6-4-8-24(28)2/h3-10,13-14,17-22H,1-2H3. The fourth-order valence-corrected chi connectivity index (χ4v) is 3.86. The molecule has 0 fully saturated rings. The molecule has 0 aliphatic rings. The molecule has 0 aromatic heterocycles. The van der Waals surface area contributed by atoms with E-state index in [0.29, 0.717) is 0 Å². The predicted molar refractivity (Wildman–Crippen MR) is 136 cm³/mol. The van der Waals surface area contributed by atoms with Crippen molar-refractivity contribution in [1.29, 1.82) is 0 Å². The first-order valence-corrected chi connectivity index (χ1v) is 10.8. The van der Waals surface area contributed by atoms with Crippen molar-refractivity contribution in [2.75, 3.05) is 0 Å². The Bertz CT molecular complexity index is 1470. The van der Waals surface area contributed by atoms with Crippen molar-refractivity contribution in [2.24, 2.45) is 0 Å². The molecule has 0 saturated heterocycles. The molecule has 32 heavy (non-hydrogen) atoms. The van der Waals surface area contributed by atoms with Gasteiger partial charge >= 0.3 is 0 Å². The molecule has 0 aliphatic carbocycles. The average molecular weight is 407 g/mol. The van der Waals surface area contributed by atoms with Crippen LogP contribution in [0.1, 0.15) is 33.4 Å². The molecule has 0 saturated carbocycles. The van der Waals surface area contributed by atoms with Crippen LogP contribution in [0.15, 0.2) is 97.1 Å². The molecule has 0 N–H and O–H groups in total. The molecule has 0 unspecified atom stereocenters. The molecular formula is C32H22. The van der Waals surface area contributed by atoms with E-state index in [-0.39, 0.29) is 0 Å². The highest BCUT2D eigenvalue weighted by Gasteiger charge is 2.01. The number of aryl methyl sites for hydroxylation is 2. The summed E-state index contributed by atoms with van der Waals surface area (Å²) in [6.45, 7) is 4.19. The third-order valence-corrected chi connectivity index (χ3v) is 5.77. The fraction of sp³-hybridized carbons (Fsp3) is 0.0625. The highest BCUT2D eigenvalue weighted by Crippen LogP contribution is 2.25. The zero-order valence-electron chi connectivity index (χ0n) is 18.2. The smallest absolute Gasteiger partial charge is 0.0278 e. The van der Waals surface area contributed by atoms with Crippen molar-refractivity contribution in [3.63, 3.8) is 0 Å². The van der Waals surface area contributed by atoms with Gasteiger partial charge in [-0.3, -0.25) is 0 Å². The van der Waals surface area contributed by atoms with E-state index in [4.69, 9.17) is 0 Å². The van der Waals surface area contributed by atoms with Gasteiger partial charge in [0.25, 0.3) is 0 Å². The van der Waals surface area contributed by atoms with Gasteiger partial charge in [0.05, 0.1) is 0 Å². The highest BCUT2D eigenvalue weighted by molar-refractivity contribution is 5.99. The van der Waals surface area contributed by atoms with E-state index < -0.39 is 0 Å². The molecule has 0 heteroatoms. The van der Waals surface area contributed by atoms with E-state index in [0.717, 1.165) is 22.3 Å². The molecule has 5 rings (SSSR count). The summed E-state index contributed by atoms with van der Waals surface area (Å²) < 4.78 is 0. The Balaban J connectivity index is 1.49. The molecule has 0 aliphatic heterocycles. The van der Waals surface area contributed by atoms with Crippen LogP contribution in [0.25, 0.3) is 21.5 Å². The van der Waals surface area contributed by atoms with Gasteiger partial charge in [-0.15, -0.1) is 0 Å². The van der Waals surface area contributed by atoms with Gasteiger partial charge in [0, 0.05) is 22.3 Å². The second-order valence-corrected chi connectivity index (χ2v) is 8.11. The van der Waals surface area contributed by atoms with E-state index in [1.54, 1.807) is 0 Å². The van der Waals surface area contributed by atoms with Gasteiger partial charge in [-0.2, -0.15) is 0 Å². The monoisotopic (exact) mass is 406 g/mol. The largest absolute Gasteiger partial charge is 0.0619 e. The Morgan fingerprint density at radius 1 is 0.406 bits per heavy atom. The first-order valence-electron chi connectivity index (χ1n) is 10.8. The molecule has 0 radical (unpaired) electrons.